The third-order valence-electron chi connectivity index (χ3n) is 5.18. The van der Waals surface area contributed by atoms with Crippen molar-refractivity contribution in [2.45, 2.75) is 32.0 Å². The van der Waals surface area contributed by atoms with Gasteiger partial charge in [-0.15, -0.1) is 0 Å². The zero-order valence-corrected chi connectivity index (χ0v) is 15.9. The van der Waals surface area contributed by atoms with E-state index in [1.165, 1.54) is 12.1 Å². The Balaban J connectivity index is 1.25. The number of hydrogen-bond donors (Lipinski definition) is 1. The molecule has 1 aromatic carbocycles. The summed E-state index contributed by atoms with van der Waals surface area (Å²) < 4.78 is 24.2. The second kappa shape index (κ2) is 8.14. The summed E-state index contributed by atoms with van der Waals surface area (Å²) in [7, 11) is 0. The zero-order chi connectivity index (χ0) is 19.5. The van der Waals surface area contributed by atoms with Crippen LogP contribution < -0.4 is 10.6 Å². The number of guanidine groups is 1. The van der Waals surface area contributed by atoms with Gasteiger partial charge in [0.15, 0.2) is 11.8 Å². The lowest BCUT2D eigenvalue weighted by atomic mass is 10.2. The summed E-state index contributed by atoms with van der Waals surface area (Å²) in [5.74, 6) is 1.47. The summed E-state index contributed by atoms with van der Waals surface area (Å²) in [4.78, 5) is 13.1. The Kier molecular flexibility index (Phi) is 5.43. The standard InChI is InChI=1S/C19H25FN6O2/c1-13-23-18(28-24-13)17-7-6-16(27-17)12-22-19(21)26-10-8-25(9-11-26)15-4-2-14(20)3-5-15/h2-5,16-17H,6-12H2,1H3,(H2,21,22)/t16-,17+/m1/s1. The van der Waals surface area contributed by atoms with Crippen molar-refractivity contribution in [1.29, 1.82) is 0 Å². The first-order valence-corrected chi connectivity index (χ1v) is 9.59. The summed E-state index contributed by atoms with van der Waals surface area (Å²) in [5, 5.41) is 3.81. The van der Waals surface area contributed by atoms with Crippen LogP contribution >= 0.6 is 0 Å². The van der Waals surface area contributed by atoms with E-state index in [4.69, 9.17) is 15.0 Å². The van der Waals surface area contributed by atoms with Crippen LogP contribution in [-0.4, -0.2) is 59.8 Å². The molecule has 1 aromatic heterocycles. The summed E-state index contributed by atoms with van der Waals surface area (Å²) >= 11 is 0. The van der Waals surface area contributed by atoms with Gasteiger partial charge in [-0.2, -0.15) is 4.98 Å². The molecule has 2 saturated heterocycles. The van der Waals surface area contributed by atoms with Gasteiger partial charge in [-0.25, -0.2) is 4.39 Å². The predicted molar refractivity (Wildman–Crippen MR) is 103 cm³/mol. The number of nitrogens with two attached hydrogens (primary N) is 1. The molecule has 4 rings (SSSR count). The number of nitrogens with zero attached hydrogens (tertiary/aromatic N) is 5. The number of rotatable bonds is 4. The molecule has 0 amide bonds. The van der Waals surface area contributed by atoms with E-state index in [0.29, 0.717) is 24.2 Å². The fourth-order valence-electron chi connectivity index (χ4n) is 3.61. The Morgan fingerprint density at radius 2 is 1.96 bits per heavy atom. The molecule has 0 saturated carbocycles. The minimum Gasteiger partial charge on any atom is -0.370 e. The lowest BCUT2D eigenvalue weighted by Gasteiger charge is -2.36. The topological polar surface area (TPSA) is 93.0 Å². The van der Waals surface area contributed by atoms with E-state index in [9.17, 15) is 4.39 Å². The van der Waals surface area contributed by atoms with Crippen LogP contribution in [0.2, 0.25) is 0 Å². The van der Waals surface area contributed by atoms with Crippen molar-refractivity contribution >= 4 is 11.6 Å². The number of piperazine rings is 1. The third kappa shape index (κ3) is 4.24. The highest BCUT2D eigenvalue weighted by atomic mass is 19.1. The van der Waals surface area contributed by atoms with Gasteiger partial charge in [0, 0.05) is 31.9 Å². The maximum Gasteiger partial charge on any atom is 0.255 e. The van der Waals surface area contributed by atoms with Crippen LogP contribution in [-0.2, 0) is 4.74 Å². The quantitative estimate of drug-likeness (QED) is 0.631. The predicted octanol–water partition coefficient (Wildman–Crippen LogP) is 1.87. The van der Waals surface area contributed by atoms with Gasteiger partial charge in [-0.05, 0) is 44.0 Å². The number of halogens is 1. The number of ether oxygens (including phenoxy) is 1. The van der Waals surface area contributed by atoms with Crippen LogP contribution in [0.25, 0.3) is 0 Å². The Hall–Kier alpha value is -2.68. The van der Waals surface area contributed by atoms with Crippen molar-refractivity contribution in [1.82, 2.24) is 15.0 Å². The van der Waals surface area contributed by atoms with Crippen LogP contribution in [0.1, 0.15) is 30.7 Å². The third-order valence-corrected chi connectivity index (χ3v) is 5.18. The molecule has 0 bridgehead atoms. The molecule has 2 N–H and O–H groups in total. The van der Waals surface area contributed by atoms with Crippen LogP contribution in [0.15, 0.2) is 33.8 Å². The minimum atomic E-state index is -0.218. The van der Waals surface area contributed by atoms with Crippen molar-refractivity contribution in [2.75, 3.05) is 37.6 Å². The highest BCUT2D eigenvalue weighted by Crippen LogP contribution is 2.31. The van der Waals surface area contributed by atoms with E-state index in [1.807, 2.05) is 0 Å². The van der Waals surface area contributed by atoms with Gasteiger partial charge in [0.2, 0.25) is 0 Å². The SMILES string of the molecule is Cc1noc([C@@H]2CC[C@H](CN=C(N)N3CCN(c4ccc(F)cc4)CC3)O2)n1. The molecule has 0 spiro atoms. The molecule has 0 aliphatic carbocycles. The second-order valence-electron chi connectivity index (χ2n) is 7.15. The van der Waals surface area contributed by atoms with Gasteiger partial charge in [0.25, 0.3) is 5.89 Å². The number of anilines is 1. The molecule has 0 radical (unpaired) electrons. The average Bonchev–Trinajstić information content (AvgIpc) is 3.36. The number of aliphatic imine (C=N–C) groups is 1. The van der Waals surface area contributed by atoms with Gasteiger partial charge >= 0.3 is 0 Å². The molecule has 2 atom stereocenters. The van der Waals surface area contributed by atoms with Gasteiger partial charge in [0.1, 0.15) is 11.9 Å². The summed E-state index contributed by atoms with van der Waals surface area (Å²) in [5.41, 5.74) is 7.22. The smallest absolute Gasteiger partial charge is 0.255 e. The molecular weight excluding hydrogens is 363 g/mol. The van der Waals surface area contributed by atoms with Crippen LogP contribution in [0, 0.1) is 12.7 Å². The normalized spacial score (nSPS) is 23.4. The van der Waals surface area contributed by atoms with Gasteiger partial charge < -0.3 is 24.8 Å². The molecule has 150 valence electrons. The van der Waals surface area contributed by atoms with Gasteiger partial charge in [0.05, 0.1) is 12.6 Å². The summed E-state index contributed by atoms with van der Waals surface area (Å²) in [6.45, 7) is 5.51. The van der Waals surface area contributed by atoms with Gasteiger partial charge in [-0.1, -0.05) is 5.16 Å². The number of aryl methyl sites for hydroxylation is 1. The maximum absolute atomic E-state index is 13.1. The Morgan fingerprint density at radius 3 is 2.64 bits per heavy atom. The minimum absolute atomic E-state index is 0.0104. The summed E-state index contributed by atoms with van der Waals surface area (Å²) in [6, 6.07) is 6.59. The van der Waals surface area contributed by atoms with Crippen molar-refractivity contribution in [3.05, 3.63) is 41.8 Å². The van der Waals surface area contributed by atoms with Crippen molar-refractivity contribution in [3.8, 4) is 0 Å². The number of benzene rings is 1. The number of aromatic nitrogens is 2. The molecule has 8 nitrogen and oxygen atoms in total. The van der Waals surface area contributed by atoms with Crippen molar-refractivity contribution in [2.24, 2.45) is 10.7 Å². The van der Waals surface area contributed by atoms with Crippen molar-refractivity contribution < 1.29 is 13.7 Å². The first-order valence-electron chi connectivity index (χ1n) is 9.59. The molecule has 2 aliphatic rings. The van der Waals surface area contributed by atoms with E-state index in [2.05, 4.69) is 24.9 Å². The fraction of sp³-hybridized carbons (Fsp3) is 0.526. The molecule has 9 heteroatoms. The highest BCUT2D eigenvalue weighted by Gasteiger charge is 2.30. The lowest BCUT2D eigenvalue weighted by molar-refractivity contribution is 0.0308. The Labute approximate surface area is 163 Å². The van der Waals surface area contributed by atoms with E-state index >= 15 is 0 Å². The molecule has 3 heterocycles. The van der Waals surface area contributed by atoms with E-state index in [0.717, 1.165) is 44.7 Å². The fourth-order valence-corrected chi connectivity index (χ4v) is 3.61. The second-order valence-corrected chi connectivity index (χ2v) is 7.15. The van der Waals surface area contributed by atoms with E-state index < -0.39 is 0 Å². The molecule has 2 fully saturated rings. The molecule has 0 unspecified atom stereocenters. The molecule has 28 heavy (non-hydrogen) atoms. The van der Waals surface area contributed by atoms with Crippen LogP contribution in [0.4, 0.5) is 10.1 Å². The van der Waals surface area contributed by atoms with E-state index in [1.54, 1.807) is 19.1 Å². The zero-order valence-electron chi connectivity index (χ0n) is 15.9. The summed E-state index contributed by atoms with van der Waals surface area (Å²) in [6.07, 6.45) is 1.59. The molecular formula is C19H25FN6O2. The van der Waals surface area contributed by atoms with Crippen LogP contribution in [0.3, 0.4) is 0 Å². The first kappa shape index (κ1) is 18.7. The lowest BCUT2D eigenvalue weighted by Crippen LogP contribution is -2.51. The molecule has 2 aromatic rings. The largest absolute Gasteiger partial charge is 0.370 e. The first-order chi connectivity index (χ1) is 13.6. The van der Waals surface area contributed by atoms with Gasteiger partial charge in [-0.3, -0.25) is 4.99 Å². The Bertz CT molecular complexity index is 816. The highest BCUT2D eigenvalue weighted by molar-refractivity contribution is 5.78. The van der Waals surface area contributed by atoms with Crippen LogP contribution in [0.5, 0.6) is 0 Å². The van der Waals surface area contributed by atoms with E-state index in [-0.39, 0.29) is 18.0 Å². The number of hydrogen-bond acceptors (Lipinski definition) is 6. The monoisotopic (exact) mass is 388 g/mol. The Morgan fingerprint density at radius 1 is 1.21 bits per heavy atom. The molecule has 2 aliphatic heterocycles. The maximum atomic E-state index is 13.1. The van der Waals surface area contributed by atoms with Crippen molar-refractivity contribution in [3.63, 3.8) is 0 Å². The average molecular weight is 388 g/mol.